The third-order valence-corrected chi connectivity index (χ3v) is 2.66. The molecule has 0 aliphatic heterocycles. The van der Waals surface area contributed by atoms with Crippen molar-refractivity contribution in [3.63, 3.8) is 0 Å². The van der Waals surface area contributed by atoms with E-state index in [-0.39, 0.29) is 18.2 Å². The molecule has 1 aromatic rings. The molecule has 0 radical (unpaired) electrons. The van der Waals surface area contributed by atoms with Crippen molar-refractivity contribution in [1.82, 2.24) is 0 Å². The average Bonchev–Trinajstić information content (AvgIpc) is 2.36. The van der Waals surface area contributed by atoms with Gasteiger partial charge in [-0.25, -0.2) is 4.39 Å². The van der Waals surface area contributed by atoms with Crippen LogP contribution in [0.4, 0.5) is 10.1 Å². The van der Waals surface area contributed by atoms with Crippen LogP contribution in [-0.2, 0) is 9.53 Å². The molecule has 5 heteroatoms. The van der Waals surface area contributed by atoms with Gasteiger partial charge in [-0.3, -0.25) is 4.79 Å². The molecule has 0 aliphatic rings. The molecule has 0 saturated heterocycles. The number of halogens is 1. The Hall–Kier alpha value is -1.62. The number of hydrogen-bond acceptors (Lipinski definition) is 4. The van der Waals surface area contributed by atoms with E-state index in [1.54, 1.807) is 24.1 Å². The number of carbonyl (C=O) groups excluding carboxylic acids is 1. The minimum absolute atomic E-state index is 0.189. The summed E-state index contributed by atoms with van der Waals surface area (Å²) in [5.41, 5.74) is 0.813. The van der Waals surface area contributed by atoms with Crippen LogP contribution in [0.15, 0.2) is 24.3 Å². The van der Waals surface area contributed by atoms with Gasteiger partial charge in [0.25, 0.3) is 0 Å². The Morgan fingerprint density at radius 3 is 2.61 bits per heavy atom. The molecule has 0 amide bonds. The molecular weight excluding hydrogens is 237 g/mol. The molecule has 1 rings (SSSR count). The Kier molecular flexibility index (Phi) is 5.58. The summed E-state index contributed by atoms with van der Waals surface area (Å²) in [5.74, 6) is -0.628. The van der Waals surface area contributed by atoms with Gasteiger partial charge in [-0.15, -0.1) is 0 Å². The van der Waals surface area contributed by atoms with Crippen molar-refractivity contribution in [2.24, 2.45) is 0 Å². The van der Waals surface area contributed by atoms with E-state index in [9.17, 15) is 14.3 Å². The van der Waals surface area contributed by atoms with Crippen LogP contribution >= 0.6 is 0 Å². The number of anilines is 1. The number of aliphatic hydroxyl groups is 1. The highest BCUT2D eigenvalue weighted by molar-refractivity contribution is 5.69. The molecule has 18 heavy (non-hydrogen) atoms. The maximum atomic E-state index is 12.7. The SMILES string of the molecule is COC(=O)CCC(O)CN(C)c1ccc(F)cc1. The third-order valence-electron chi connectivity index (χ3n) is 2.66. The second-order valence-corrected chi connectivity index (χ2v) is 4.13. The molecule has 0 bridgehead atoms. The molecule has 1 unspecified atom stereocenters. The van der Waals surface area contributed by atoms with E-state index in [0.29, 0.717) is 13.0 Å². The summed E-state index contributed by atoms with van der Waals surface area (Å²) in [6.45, 7) is 0.378. The van der Waals surface area contributed by atoms with Crippen LogP contribution in [0.3, 0.4) is 0 Å². The summed E-state index contributed by atoms with van der Waals surface area (Å²) in [6, 6.07) is 6.02. The molecule has 1 atom stereocenters. The third kappa shape index (κ3) is 4.71. The largest absolute Gasteiger partial charge is 0.469 e. The van der Waals surface area contributed by atoms with E-state index in [1.165, 1.54) is 19.2 Å². The highest BCUT2D eigenvalue weighted by atomic mass is 19.1. The van der Waals surface area contributed by atoms with Crippen molar-refractivity contribution < 1.29 is 19.0 Å². The van der Waals surface area contributed by atoms with Gasteiger partial charge in [-0.2, -0.15) is 0 Å². The molecule has 4 nitrogen and oxygen atoms in total. The second-order valence-electron chi connectivity index (χ2n) is 4.13. The van der Waals surface area contributed by atoms with Crippen LogP contribution in [0, 0.1) is 5.82 Å². The van der Waals surface area contributed by atoms with Crippen LogP contribution in [0.25, 0.3) is 0 Å². The summed E-state index contributed by atoms with van der Waals surface area (Å²) in [4.78, 5) is 12.7. The predicted octanol–water partition coefficient (Wildman–Crippen LogP) is 1.58. The topological polar surface area (TPSA) is 49.8 Å². The van der Waals surface area contributed by atoms with Gasteiger partial charge in [0.05, 0.1) is 13.2 Å². The van der Waals surface area contributed by atoms with E-state index < -0.39 is 6.10 Å². The van der Waals surface area contributed by atoms with Crippen molar-refractivity contribution in [2.45, 2.75) is 18.9 Å². The summed E-state index contributed by atoms with van der Waals surface area (Å²) in [5, 5.41) is 9.76. The molecule has 1 N–H and O–H groups in total. The lowest BCUT2D eigenvalue weighted by atomic mass is 10.2. The molecule has 0 heterocycles. The summed E-state index contributed by atoms with van der Waals surface area (Å²) >= 11 is 0. The summed E-state index contributed by atoms with van der Waals surface area (Å²) in [6.07, 6.45) is -0.0909. The number of ether oxygens (including phenoxy) is 1. The van der Waals surface area contributed by atoms with E-state index in [0.717, 1.165) is 5.69 Å². The van der Waals surface area contributed by atoms with Crippen molar-refractivity contribution >= 4 is 11.7 Å². The first-order chi connectivity index (χ1) is 8.52. The molecule has 100 valence electrons. The second kappa shape index (κ2) is 6.96. The maximum absolute atomic E-state index is 12.7. The summed E-state index contributed by atoms with van der Waals surface area (Å²) in [7, 11) is 3.12. The predicted molar refractivity (Wildman–Crippen MR) is 66.9 cm³/mol. The number of esters is 1. The van der Waals surface area contributed by atoms with Gasteiger partial charge in [0.15, 0.2) is 0 Å². The minimum Gasteiger partial charge on any atom is -0.469 e. The van der Waals surface area contributed by atoms with Gasteiger partial charge in [-0.05, 0) is 30.7 Å². The number of hydrogen-bond donors (Lipinski definition) is 1. The first-order valence-corrected chi connectivity index (χ1v) is 5.74. The highest BCUT2D eigenvalue weighted by Crippen LogP contribution is 2.14. The van der Waals surface area contributed by atoms with E-state index in [4.69, 9.17) is 0 Å². The van der Waals surface area contributed by atoms with E-state index in [2.05, 4.69) is 4.74 Å². The number of nitrogens with zero attached hydrogens (tertiary/aromatic N) is 1. The first kappa shape index (κ1) is 14.4. The summed E-state index contributed by atoms with van der Waals surface area (Å²) < 4.78 is 17.2. The Balaban J connectivity index is 2.41. The zero-order valence-electron chi connectivity index (χ0n) is 10.6. The fourth-order valence-electron chi connectivity index (χ4n) is 1.59. The average molecular weight is 255 g/mol. The molecule has 0 saturated carbocycles. The Morgan fingerprint density at radius 1 is 1.44 bits per heavy atom. The molecular formula is C13H18FNO3. The molecule has 0 spiro atoms. The van der Waals surface area contributed by atoms with E-state index >= 15 is 0 Å². The molecule has 0 aromatic heterocycles. The lowest BCUT2D eigenvalue weighted by Crippen LogP contribution is -2.29. The lowest BCUT2D eigenvalue weighted by molar-refractivity contribution is -0.141. The van der Waals surface area contributed by atoms with Crippen molar-refractivity contribution in [3.8, 4) is 0 Å². The zero-order valence-corrected chi connectivity index (χ0v) is 10.6. The van der Waals surface area contributed by atoms with Gasteiger partial charge in [0.2, 0.25) is 0 Å². The Bertz CT molecular complexity index is 380. The number of benzene rings is 1. The zero-order chi connectivity index (χ0) is 13.5. The van der Waals surface area contributed by atoms with E-state index in [1.807, 2.05) is 0 Å². The van der Waals surface area contributed by atoms with Crippen LogP contribution in [0.5, 0.6) is 0 Å². The minimum atomic E-state index is -0.626. The highest BCUT2D eigenvalue weighted by Gasteiger charge is 2.11. The Morgan fingerprint density at radius 2 is 2.06 bits per heavy atom. The number of methoxy groups -OCH3 is 1. The molecule has 0 fully saturated rings. The standard InChI is InChI=1S/C13H18FNO3/c1-15(11-5-3-10(14)4-6-11)9-12(16)7-8-13(17)18-2/h3-6,12,16H,7-9H2,1-2H3. The van der Waals surface area contributed by atoms with Crippen LogP contribution < -0.4 is 4.90 Å². The van der Waals surface area contributed by atoms with Crippen molar-refractivity contribution in [2.75, 3.05) is 25.6 Å². The van der Waals surface area contributed by atoms with Gasteiger partial charge in [-0.1, -0.05) is 0 Å². The Labute approximate surface area is 106 Å². The van der Waals surface area contributed by atoms with Gasteiger partial charge >= 0.3 is 5.97 Å². The number of carbonyl (C=O) groups is 1. The number of likely N-dealkylation sites (N-methyl/N-ethyl adjacent to an activating group) is 1. The van der Waals surface area contributed by atoms with Crippen LogP contribution in [-0.4, -0.2) is 37.9 Å². The van der Waals surface area contributed by atoms with Crippen LogP contribution in [0.1, 0.15) is 12.8 Å². The fraction of sp³-hybridized carbons (Fsp3) is 0.462. The molecule has 0 aliphatic carbocycles. The van der Waals surface area contributed by atoms with Crippen molar-refractivity contribution in [1.29, 1.82) is 0 Å². The lowest BCUT2D eigenvalue weighted by Gasteiger charge is -2.22. The van der Waals surface area contributed by atoms with Gasteiger partial charge in [0.1, 0.15) is 5.82 Å². The quantitative estimate of drug-likeness (QED) is 0.784. The molecule has 1 aromatic carbocycles. The van der Waals surface area contributed by atoms with Gasteiger partial charge < -0.3 is 14.7 Å². The number of rotatable bonds is 6. The smallest absolute Gasteiger partial charge is 0.305 e. The van der Waals surface area contributed by atoms with Crippen molar-refractivity contribution in [3.05, 3.63) is 30.1 Å². The normalized spacial score (nSPS) is 12.0. The van der Waals surface area contributed by atoms with Crippen LogP contribution in [0.2, 0.25) is 0 Å². The monoisotopic (exact) mass is 255 g/mol. The maximum Gasteiger partial charge on any atom is 0.305 e. The first-order valence-electron chi connectivity index (χ1n) is 5.74. The van der Waals surface area contributed by atoms with Gasteiger partial charge in [0, 0.05) is 25.7 Å². The number of aliphatic hydroxyl groups excluding tert-OH is 1. The fourth-order valence-corrected chi connectivity index (χ4v) is 1.59.